The van der Waals surface area contributed by atoms with E-state index in [0.717, 1.165) is 0 Å². The molecule has 13 heavy (non-hydrogen) atoms. The van der Waals surface area contributed by atoms with Crippen LogP contribution in [0.25, 0.3) is 0 Å². The molecule has 1 nitrogen and oxygen atoms in total. The van der Waals surface area contributed by atoms with Crippen LogP contribution >= 0.6 is 0 Å². The van der Waals surface area contributed by atoms with Crippen molar-refractivity contribution in [1.29, 1.82) is 5.26 Å². The number of hydrogen-bond donors (Lipinski definition) is 0. The molecule has 1 heteroatoms. The average molecular weight is 173 g/mol. The molecule has 0 N–H and O–H groups in total. The van der Waals surface area contributed by atoms with Gasteiger partial charge in [-0.15, -0.1) is 0 Å². The smallest absolute Gasteiger partial charge is 0.0630 e. The van der Waals surface area contributed by atoms with E-state index in [2.05, 4.69) is 39.0 Å². The van der Waals surface area contributed by atoms with Gasteiger partial charge in [0.1, 0.15) is 0 Å². The van der Waals surface area contributed by atoms with Gasteiger partial charge in [0.15, 0.2) is 0 Å². The molecule has 0 radical (unpaired) electrons. The van der Waals surface area contributed by atoms with Gasteiger partial charge in [0.25, 0.3) is 0 Å². The lowest BCUT2D eigenvalue weighted by molar-refractivity contribution is 0.536. The third-order valence-corrected chi connectivity index (χ3v) is 2.40. The third kappa shape index (κ3) is 2.09. The summed E-state index contributed by atoms with van der Waals surface area (Å²) in [6.07, 6.45) is 0.567. The highest BCUT2D eigenvalue weighted by atomic mass is 14.3. The summed E-state index contributed by atoms with van der Waals surface area (Å²) in [6.45, 7) is 6.31. The summed E-state index contributed by atoms with van der Waals surface area (Å²) >= 11 is 0. The lowest BCUT2D eigenvalue weighted by Gasteiger charge is -2.23. The molecule has 0 bridgehead atoms. The Kier molecular flexibility index (Phi) is 2.72. The predicted octanol–water partition coefficient (Wildman–Crippen LogP) is 3.19. The van der Waals surface area contributed by atoms with E-state index >= 15 is 0 Å². The topological polar surface area (TPSA) is 23.8 Å². The molecule has 0 heterocycles. The largest absolute Gasteiger partial charge is 0.198 e. The molecule has 0 fully saturated rings. The first kappa shape index (κ1) is 9.80. The fourth-order valence-electron chi connectivity index (χ4n) is 1.63. The zero-order chi connectivity index (χ0) is 9.90. The molecule has 0 unspecified atom stereocenters. The molecule has 1 aromatic rings. The fourth-order valence-corrected chi connectivity index (χ4v) is 1.63. The van der Waals surface area contributed by atoms with Gasteiger partial charge >= 0.3 is 0 Å². The van der Waals surface area contributed by atoms with E-state index in [1.165, 1.54) is 11.1 Å². The molecule has 0 aliphatic carbocycles. The highest BCUT2D eigenvalue weighted by molar-refractivity contribution is 5.32. The van der Waals surface area contributed by atoms with Crippen molar-refractivity contribution in [1.82, 2.24) is 0 Å². The minimum atomic E-state index is -0.0277. The van der Waals surface area contributed by atoms with E-state index in [-0.39, 0.29) is 5.41 Å². The van der Waals surface area contributed by atoms with Crippen LogP contribution in [-0.2, 0) is 5.41 Å². The molecule has 0 aliphatic rings. The van der Waals surface area contributed by atoms with Crippen molar-refractivity contribution in [3.63, 3.8) is 0 Å². The fraction of sp³-hybridized carbons (Fsp3) is 0.417. The molecular weight excluding hydrogens is 158 g/mol. The molecule has 0 saturated carbocycles. The van der Waals surface area contributed by atoms with Gasteiger partial charge in [-0.2, -0.15) is 5.26 Å². The van der Waals surface area contributed by atoms with Gasteiger partial charge in [-0.3, -0.25) is 0 Å². The maximum atomic E-state index is 8.70. The Hall–Kier alpha value is -1.29. The Bertz CT molecular complexity index is 331. The summed E-state index contributed by atoms with van der Waals surface area (Å²) < 4.78 is 0. The van der Waals surface area contributed by atoms with Crippen molar-refractivity contribution >= 4 is 0 Å². The summed E-state index contributed by atoms with van der Waals surface area (Å²) in [6, 6.07) is 10.5. The van der Waals surface area contributed by atoms with E-state index < -0.39 is 0 Å². The van der Waals surface area contributed by atoms with Crippen LogP contribution in [-0.4, -0.2) is 0 Å². The predicted molar refractivity (Wildman–Crippen MR) is 54.4 cm³/mol. The minimum absolute atomic E-state index is 0.0277. The number of aryl methyl sites for hydroxylation is 1. The maximum absolute atomic E-state index is 8.70. The van der Waals surface area contributed by atoms with Gasteiger partial charge in [-0.25, -0.2) is 0 Å². The standard InChI is InChI=1S/C12H15N/c1-10-6-4-5-7-11(10)12(2,3)8-9-13/h4-7H,8H2,1-3H3. The second-order valence-corrected chi connectivity index (χ2v) is 4.03. The van der Waals surface area contributed by atoms with Crippen LogP contribution in [0.2, 0.25) is 0 Å². The Morgan fingerprint density at radius 1 is 1.31 bits per heavy atom. The molecule has 68 valence electrons. The zero-order valence-corrected chi connectivity index (χ0v) is 8.46. The zero-order valence-electron chi connectivity index (χ0n) is 8.46. The minimum Gasteiger partial charge on any atom is -0.198 e. The Labute approximate surface area is 80.0 Å². The summed E-state index contributed by atoms with van der Waals surface area (Å²) in [5.41, 5.74) is 2.51. The second-order valence-electron chi connectivity index (χ2n) is 4.03. The van der Waals surface area contributed by atoms with Gasteiger partial charge in [0.2, 0.25) is 0 Å². The molecule has 0 aliphatic heterocycles. The van der Waals surface area contributed by atoms with E-state index in [1.807, 2.05) is 12.1 Å². The molecule has 0 atom stereocenters. The van der Waals surface area contributed by atoms with Crippen LogP contribution in [0.4, 0.5) is 0 Å². The Balaban J connectivity index is 3.08. The van der Waals surface area contributed by atoms with E-state index in [0.29, 0.717) is 6.42 Å². The van der Waals surface area contributed by atoms with Crippen LogP contribution < -0.4 is 0 Å². The van der Waals surface area contributed by atoms with Crippen LogP contribution in [0.15, 0.2) is 24.3 Å². The van der Waals surface area contributed by atoms with Gasteiger partial charge in [0, 0.05) is 11.8 Å². The first-order chi connectivity index (χ1) is 6.08. The number of nitriles is 1. The van der Waals surface area contributed by atoms with Crippen molar-refractivity contribution in [3.05, 3.63) is 35.4 Å². The lowest BCUT2D eigenvalue weighted by Crippen LogP contribution is -2.17. The Morgan fingerprint density at radius 3 is 2.46 bits per heavy atom. The maximum Gasteiger partial charge on any atom is 0.0630 e. The van der Waals surface area contributed by atoms with E-state index in [9.17, 15) is 0 Å². The van der Waals surface area contributed by atoms with Gasteiger partial charge in [-0.1, -0.05) is 38.1 Å². The van der Waals surface area contributed by atoms with Gasteiger partial charge in [-0.05, 0) is 18.1 Å². The number of hydrogen-bond acceptors (Lipinski definition) is 1. The summed E-state index contributed by atoms with van der Waals surface area (Å²) in [7, 11) is 0. The lowest BCUT2D eigenvalue weighted by atomic mass is 9.80. The molecule has 0 aromatic heterocycles. The highest BCUT2D eigenvalue weighted by Crippen LogP contribution is 2.28. The monoisotopic (exact) mass is 173 g/mol. The number of nitrogens with zero attached hydrogens (tertiary/aromatic N) is 1. The summed E-state index contributed by atoms with van der Waals surface area (Å²) in [5.74, 6) is 0. The van der Waals surface area contributed by atoms with E-state index in [1.54, 1.807) is 0 Å². The highest BCUT2D eigenvalue weighted by Gasteiger charge is 2.21. The normalized spacial score (nSPS) is 10.9. The Morgan fingerprint density at radius 2 is 1.92 bits per heavy atom. The molecule has 1 rings (SSSR count). The van der Waals surface area contributed by atoms with Crippen molar-refractivity contribution in [2.45, 2.75) is 32.6 Å². The number of benzene rings is 1. The molecule has 0 spiro atoms. The SMILES string of the molecule is Cc1ccccc1C(C)(C)CC#N. The van der Waals surface area contributed by atoms with Crippen molar-refractivity contribution in [3.8, 4) is 6.07 Å². The van der Waals surface area contributed by atoms with Crippen LogP contribution in [0.5, 0.6) is 0 Å². The molecular formula is C12H15N. The van der Waals surface area contributed by atoms with Crippen LogP contribution in [0.3, 0.4) is 0 Å². The molecule has 0 saturated heterocycles. The van der Waals surface area contributed by atoms with E-state index in [4.69, 9.17) is 5.26 Å². The van der Waals surface area contributed by atoms with Crippen LogP contribution in [0.1, 0.15) is 31.4 Å². The summed E-state index contributed by atoms with van der Waals surface area (Å²) in [5, 5.41) is 8.70. The quantitative estimate of drug-likeness (QED) is 0.673. The van der Waals surface area contributed by atoms with Crippen molar-refractivity contribution < 1.29 is 0 Å². The average Bonchev–Trinajstić information content (AvgIpc) is 2.04. The van der Waals surface area contributed by atoms with Crippen molar-refractivity contribution in [2.24, 2.45) is 0 Å². The van der Waals surface area contributed by atoms with Crippen LogP contribution in [0, 0.1) is 18.3 Å². The van der Waals surface area contributed by atoms with Crippen molar-refractivity contribution in [2.75, 3.05) is 0 Å². The van der Waals surface area contributed by atoms with Gasteiger partial charge < -0.3 is 0 Å². The first-order valence-corrected chi connectivity index (χ1v) is 4.51. The third-order valence-electron chi connectivity index (χ3n) is 2.40. The number of rotatable bonds is 2. The molecule has 0 amide bonds. The molecule has 1 aromatic carbocycles. The van der Waals surface area contributed by atoms with Gasteiger partial charge in [0.05, 0.1) is 6.07 Å². The summed E-state index contributed by atoms with van der Waals surface area (Å²) in [4.78, 5) is 0. The first-order valence-electron chi connectivity index (χ1n) is 4.51. The second kappa shape index (κ2) is 3.62.